The Labute approximate surface area is 111 Å². The first-order chi connectivity index (χ1) is 8.61. The number of methoxy groups -OCH3 is 1. The third-order valence-electron chi connectivity index (χ3n) is 4.40. The Bertz CT molecular complexity index is 392. The lowest BCUT2D eigenvalue weighted by molar-refractivity contribution is 0.313. The summed E-state index contributed by atoms with van der Waals surface area (Å²) in [5.41, 5.74) is 1.76. The molecular formula is C16H25NO. The first-order valence-electron chi connectivity index (χ1n) is 6.96. The number of hydrogen-bond acceptors (Lipinski definition) is 2. The van der Waals surface area contributed by atoms with Crippen LogP contribution >= 0.6 is 0 Å². The van der Waals surface area contributed by atoms with E-state index in [-0.39, 0.29) is 0 Å². The number of rotatable bonds is 4. The Morgan fingerprint density at radius 2 is 2.22 bits per heavy atom. The molecule has 18 heavy (non-hydrogen) atoms. The summed E-state index contributed by atoms with van der Waals surface area (Å²) >= 11 is 0. The molecule has 0 unspecified atom stereocenters. The maximum atomic E-state index is 5.38. The van der Waals surface area contributed by atoms with Gasteiger partial charge < -0.3 is 9.64 Å². The van der Waals surface area contributed by atoms with E-state index in [1.54, 1.807) is 7.11 Å². The van der Waals surface area contributed by atoms with Gasteiger partial charge in [-0.05, 0) is 44.5 Å². The summed E-state index contributed by atoms with van der Waals surface area (Å²) in [5, 5.41) is 0. The molecule has 1 saturated heterocycles. The van der Waals surface area contributed by atoms with Crippen LogP contribution in [0.1, 0.15) is 38.7 Å². The number of benzene rings is 1. The second-order valence-corrected chi connectivity index (χ2v) is 5.73. The fraction of sp³-hybridized carbons (Fsp3) is 0.625. The third-order valence-corrected chi connectivity index (χ3v) is 4.40. The van der Waals surface area contributed by atoms with E-state index in [4.69, 9.17) is 4.74 Å². The number of hydrogen-bond donors (Lipinski definition) is 0. The summed E-state index contributed by atoms with van der Waals surface area (Å²) in [4.78, 5) is 2.48. The molecule has 1 aromatic rings. The molecule has 0 saturated carbocycles. The molecule has 0 N–H and O–H groups in total. The van der Waals surface area contributed by atoms with E-state index in [0.29, 0.717) is 11.5 Å². The van der Waals surface area contributed by atoms with Crippen molar-refractivity contribution in [3.63, 3.8) is 0 Å². The van der Waals surface area contributed by atoms with Gasteiger partial charge >= 0.3 is 0 Å². The largest absolute Gasteiger partial charge is 0.497 e. The Hall–Kier alpha value is -1.02. The van der Waals surface area contributed by atoms with Crippen molar-refractivity contribution in [2.24, 2.45) is 0 Å². The van der Waals surface area contributed by atoms with Crippen molar-refractivity contribution in [1.82, 2.24) is 4.90 Å². The molecule has 1 aromatic carbocycles. The van der Waals surface area contributed by atoms with Crippen LogP contribution in [0.4, 0.5) is 0 Å². The van der Waals surface area contributed by atoms with Crippen LogP contribution in [0.25, 0.3) is 0 Å². The zero-order valence-corrected chi connectivity index (χ0v) is 12.1. The molecule has 0 bridgehead atoms. The van der Waals surface area contributed by atoms with E-state index < -0.39 is 0 Å². The van der Waals surface area contributed by atoms with Gasteiger partial charge in [0, 0.05) is 18.0 Å². The number of likely N-dealkylation sites (N-methyl/N-ethyl adjacent to an activating group) is 1. The molecule has 1 aliphatic heterocycles. The molecule has 1 aliphatic rings. The minimum Gasteiger partial charge on any atom is -0.497 e. The van der Waals surface area contributed by atoms with Gasteiger partial charge in [0.2, 0.25) is 0 Å². The fourth-order valence-corrected chi connectivity index (χ4v) is 3.39. The molecule has 2 atom stereocenters. The number of likely N-dealkylation sites (tertiary alicyclic amines) is 1. The number of nitrogens with zero attached hydrogens (tertiary/aromatic N) is 1. The summed E-state index contributed by atoms with van der Waals surface area (Å²) in [6.07, 6.45) is 3.75. The van der Waals surface area contributed by atoms with Gasteiger partial charge in [0.05, 0.1) is 7.11 Å². The SMILES string of the molecule is CCC[C@]1(c2cccc(OC)c2)C[C@@H](C)N(C)C1. The maximum Gasteiger partial charge on any atom is 0.119 e. The van der Waals surface area contributed by atoms with Gasteiger partial charge in [-0.1, -0.05) is 25.5 Å². The smallest absolute Gasteiger partial charge is 0.119 e. The van der Waals surface area contributed by atoms with Gasteiger partial charge in [0.1, 0.15) is 5.75 Å². The summed E-state index contributed by atoms with van der Waals surface area (Å²) in [6.45, 7) is 5.78. The van der Waals surface area contributed by atoms with E-state index in [2.05, 4.69) is 44.0 Å². The summed E-state index contributed by atoms with van der Waals surface area (Å²) in [6, 6.07) is 9.31. The summed E-state index contributed by atoms with van der Waals surface area (Å²) < 4.78 is 5.38. The van der Waals surface area contributed by atoms with Gasteiger partial charge in [0.15, 0.2) is 0 Å². The van der Waals surface area contributed by atoms with Crippen LogP contribution in [0.2, 0.25) is 0 Å². The lowest BCUT2D eigenvalue weighted by Gasteiger charge is -2.29. The number of ether oxygens (including phenoxy) is 1. The molecule has 1 heterocycles. The van der Waals surface area contributed by atoms with Crippen molar-refractivity contribution >= 4 is 0 Å². The standard InChI is InChI=1S/C16H25NO/c1-5-9-16(11-13(2)17(3)12-16)14-7-6-8-15(10-14)18-4/h6-8,10,13H,5,9,11-12H2,1-4H3/t13-,16+/m1/s1. The predicted molar refractivity (Wildman–Crippen MR) is 76.3 cm³/mol. The van der Waals surface area contributed by atoms with Gasteiger partial charge in [-0.15, -0.1) is 0 Å². The van der Waals surface area contributed by atoms with Crippen LogP contribution in [0.3, 0.4) is 0 Å². The average molecular weight is 247 g/mol. The van der Waals surface area contributed by atoms with E-state index >= 15 is 0 Å². The van der Waals surface area contributed by atoms with Gasteiger partial charge in [-0.25, -0.2) is 0 Å². The highest BCUT2D eigenvalue weighted by atomic mass is 16.5. The van der Waals surface area contributed by atoms with Crippen LogP contribution < -0.4 is 4.74 Å². The normalized spacial score (nSPS) is 28.6. The first-order valence-corrected chi connectivity index (χ1v) is 6.96. The highest BCUT2D eigenvalue weighted by Crippen LogP contribution is 2.41. The van der Waals surface area contributed by atoms with E-state index in [1.807, 2.05) is 6.07 Å². The second kappa shape index (κ2) is 5.31. The van der Waals surface area contributed by atoms with Crippen molar-refractivity contribution in [2.45, 2.75) is 44.6 Å². The second-order valence-electron chi connectivity index (χ2n) is 5.73. The van der Waals surface area contributed by atoms with E-state index in [9.17, 15) is 0 Å². The Kier molecular flexibility index (Phi) is 3.96. The van der Waals surface area contributed by atoms with Crippen molar-refractivity contribution in [2.75, 3.05) is 20.7 Å². The van der Waals surface area contributed by atoms with E-state index in [1.165, 1.54) is 24.8 Å². The van der Waals surface area contributed by atoms with Crippen LogP contribution in [0.15, 0.2) is 24.3 Å². The first kappa shape index (κ1) is 13.4. The third kappa shape index (κ3) is 2.39. The molecular weight excluding hydrogens is 222 g/mol. The Morgan fingerprint density at radius 3 is 2.78 bits per heavy atom. The zero-order valence-electron chi connectivity index (χ0n) is 12.1. The van der Waals surface area contributed by atoms with Gasteiger partial charge in [-0.3, -0.25) is 0 Å². The van der Waals surface area contributed by atoms with Crippen LogP contribution in [0, 0.1) is 0 Å². The molecule has 0 amide bonds. The topological polar surface area (TPSA) is 12.5 Å². The Balaban J connectivity index is 2.35. The molecule has 0 radical (unpaired) electrons. The zero-order chi connectivity index (χ0) is 13.2. The lowest BCUT2D eigenvalue weighted by atomic mass is 9.75. The lowest BCUT2D eigenvalue weighted by Crippen LogP contribution is -2.29. The average Bonchev–Trinajstić information content (AvgIpc) is 2.66. The summed E-state index contributed by atoms with van der Waals surface area (Å²) in [7, 11) is 3.98. The molecule has 2 rings (SSSR count). The molecule has 100 valence electrons. The minimum atomic E-state index is 0.317. The predicted octanol–water partition coefficient (Wildman–Crippen LogP) is 3.46. The van der Waals surface area contributed by atoms with Gasteiger partial charge in [0.25, 0.3) is 0 Å². The Morgan fingerprint density at radius 1 is 1.44 bits per heavy atom. The van der Waals surface area contributed by atoms with Crippen molar-refractivity contribution in [3.05, 3.63) is 29.8 Å². The van der Waals surface area contributed by atoms with Crippen molar-refractivity contribution < 1.29 is 4.74 Å². The maximum absolute atomic E-state index is 5.38. The molecule has 0 aromatic heterocycles. The molecule has 2 heteroatoms. The minimum absolute atomic E-state index is 0.317. The quantitative estimate of drug-likeness (QED) is 0.808. The van der Waals surface area contributed by atoms with Crippen molar-refractivity contribution in [1.29, 1.82) is 0 Å². The monoisotopic (exact) mass is 247 g/mol. The van der Waals surface area contributed by atoms with Gasteiger partial charge in [-0.2, -0.15) is 0 Å². The molecule has 2 nitrogen and oxygen atoms in total. The molecule has 0 spiro atoms. The summed E-state index contributed by atoms with van der Waals surface area (Å²) in [5.74, 6) is 0.977. The van der Waals surface area contributed by atoms with Crippen LogP contribution in [-0.2, 0) is 5.41 Å². The van der Waals surface area contributed by atoms with Crippen molar-refractivity contribution in [3.8, 4) is 5.75 Å². The molecule has 1 fully saturated rings. The van der Waals surface area contributed by atoms with E-state index in [0.717, 1.165) is 12.3 Å². The fourth-order valence-electron chi connectivity index (χ4n) is 3.39. The highest BCUT2D eigenvalue weighted by molar-refractivity contribution is 5.35. The van der Waals surface area contributed by atoms with Crippen LogP contribution in [-0.4, -0.2) is 31.6 Å². The highest BCUT2D eigenvalue weighted by Gasteiger charge is 2.41. The van der Waals surface area contributed by atoms with Crippen LogP contribution in [0.5, 0.6) is 5.75 Å². The molecule has 0 aliphatic carbocycles.